The lowest BCUT2D eigenvalue weighted by atomic mass is 10.1. The number of halogens is 1. The number of nitrogens with zero attached hydrogens (tertiary/aromatic N) is 1. The van der Waals surface area contributed by atoms with Crippen LogP contribution in [0.25, 0.3) is 10.9 Å². The molecule has 0 bridgehead atoms. The van der Waals surface area contributed by atoms with E-state index in [2.05, 4.69) is 14.9 Å². The molecule has 0 aliphatic heterocycles. The van der Waals surface area contributed by atoms with Crippen LogP contribution in [0.5, 0.6) is 0 Å². The Bertz CT molecular complexity index is 538. The fraction of sp³-hybridized carbons (Fsp3) is 0.200. The van der Waals surface area contributed by atoms with E-state index in [-0.39, 0.29) is 0 Å². The van der Waals surface area contributed by atoms with Crippen LogP contribution in [-0.4, -0.2) is 28.4 Å². The van der Waals surface area contributed by atoms with Crippen molar-refractivity contribution in [2.24, 2.45) is 0 Å². The Balaban J connectivity index is 2.43. The molecule has 1 aromatic carbocycles. The standard InChI is InChI=1S/C10H9ClN2O3/c1-16-10(15)8(14)5-2-3-6-7(4-5)12-13-9(6)11/h2-4,8,14H,1H3,(H,12,13). The number of carbonyl (C=O) groups excluding carboxylic acids is 1. The molecule has 1 heterocycles. The summed E-state index contributed by atoms with van der Waals surface area (Å²) in [7, 11) is 1.22. The van der Waals surface area contributed by atoms with Crippen molar-refractivity contribution in [1.82, 2.24) is 10.2 Å². The van der Waals surface area contributed by atoms with Crippen LogP contribution in [0.2, 0.25) is 5.15 Å². The SMILES string of the molecule is COC(=O)C(O)c1ccc2c(Cl)[nH]nc2c1. The van der Waals surface area contributed by atoms with Crippen molar-refractivity contribution in [1.29, 1.82) is 0 Å². The number of H-pyrrole nitrogens is 1. The van der Waals surface area contributed by atoms with Gasteiger partial charge >= 0.3 is 5.97 Å². The summed E-state index contributed by atoms with van der Waals surface area (Å²) >= 11 is 5.82. The summed E-state index contributed by atoms with van der Waals surface area (Å²) in [6.07, 6.45) is -1.30. The summed E-state index contributed by atoms with van der Waals surface area (Å²) in [6.45, 7) is 0. The minimum Gasteiger partial charge on any atom is -0.467 e. The number of esters is 1. The molecule has 0 fully saturated rings. The van der Waals surface area contributed by atoms with Gasteiger partial charge in [-0.15, -0.1) is 0 Å². The Hall–Kier alpha value is -1.59. The van der Waals surface area contributed by atoms with E-state index in [0.717, 1.165) is 5.39 Å². The molecule has 16 heavy (non-hydrogen) atoms. The number of hydrogen-bond acceptors (Lipinski definition) is 4. The summed E-state index contributed by atoms with van der Waals surface area (Å²) in [5.74, 6) is -0.707. The lowest BCUT2D eigenvalue weighted by molar-refractivity contribution is -0.150. The number of fused-ring (bicyclic) bond motifs is 1. The molecule has 2 aromatic rings. The van der Waals surface area contributed by atoms with Gasteiger partial charge in [0.05, 0.1) is 12.6 Å². The van der Waals surface area contributed by atoms with Crippen LogP contribution in [-0.2, 0) is 9.53 Å². The molecule has 84 valence electrons. The second-order valence-corrected chi connectivity index (χ2v) is 3.62. The molecule has 2 rings (SSSR count). The number of methoxy groups -OCH3 is 1. The topological polar surface area (TPSA) is 75.2 Å². The van der Waals surface area contributed by atoms with Gasteiger partial charge in [0.1, 0.15) is 5.15 Å². The highest BCUT2D eigenvalue weighted by atomic mass is 35.5. The smallest absolute Gasteiger partial charge is 0.339 e. The number of aromatic amines is 1. The first-order valence-corrected chi connectivity index (χ1v) is 4.90. The van der Waals surface area contributed by atoms with Gasteiger partial charge < -0.3 is 9.84 Å². The number of aliphatic hydroxyl groups excluding tert-OH is 1. The van der Waals surface area contributed by atoms with Crippen molar-refractivity contribution in [2.45, 2.75) is 6.10 Å². The van der Waals surface area contributed by atoms with Crippen LogP contribution >= 0.6 is 11.6 Å². The Kier molecular flexibility index (Phi) is 2.80. The Morgan fingerprint density at radius 3 is 3.06 bits per heavy atom. The van der Waals surface area contributed by atoms with Crippen molar-refractivity contribution in [3.05, 3.63) is 28.9 Å². The molecular formula is C10H9ClN2O3. The third kappa shape index (κ3) is 1.75. The predicted molar refractivity (Wildman–Crippen MR) is 58.1 cm³/mol. The number of rotatable bonds is 2. The van der Waals surface area contributed by atoms with E-state index in [1.165, 1.54) is 7.11 Å². The van der Waals surface area contributed by atoms with Crippen molar-refractivity contribution >= 4 is 28.5 Å². The van der Waals surface area contributed by atoms with E-state index in [0.29, 0.717) is 16.2 Å². The molecule has 0 saturated heterocycles. The number of aromatic nitrogens is 2. The Morgan fingerprint density at radius 1 is 1.62 bits per heavy atom. The Labute approximate surface area is 96.0 Å². The van der Waals surface area contributed by atoms with Gasteiger partial charge in [0.25, 0.3) is 0 Å². The van der Waals surface area contributed by atoms with Gasteiger partial charge in [-0.2, -0.15) is 5.10 Å². The van der Waals surface area contributed by atoms with Crippen molar-refractivity contribution in [2.75, 3.05) is 7.11 Å². The first-order chi connectivity index (χ1) is 7.63. The van der Waals surface area contributed by atoms with Gasteiger partial charge in [0, 0.05) is 5.39 Å². The summed E-state index contributed by atoms with van der Waals surface area (Å²) in [5, 5.41) is 17.3. The summed E-state index contributed by atoms with van der Waals surface area (Å²) < 4.78 is 4.44. The van der Waals surface area contributed by atoms with Gasteiger partial charge in [-0.05, 0) is 17.7 Å². The fourth-order valence-electron chi connectivity index (χ4n) is 1.41. The normalized spacial score (nSPS) is 12.7. The van der Waals surface area contributed by atoms with E-state index >= 15 is 0 Å². The monoisotopic (exact) mass is 240 g/mol. The molecule has 0 aliphatic rings. The van der Waals surface area contributed by atoms with Crippen LogP contribution in [0.3, 0.4) is 0 Å². The lowest BCUT2D eigenvalue weighted by Crippen LogP contribution is -2.13. The molecule has 1 unspecified atom stereocenters. The third-order valence-corrected chi connectivity index (χ3v) is 2.56. The maximum Gasteiger partial charge on any atom is 0.339 e. The first-order valence-electron chi connectivity index (χ1n) is 4.53. The quantitative estimate of drug-likeness (QED) is 0.779. The number of carbonyl (C=O) groups is 1. The van der Waals surface area contributed by atoms with Gasteiger partial charge in [0.2, 0.25) is 0 Å². The fourth-order valence-corrected chi connectivity index (χ4v) is 1.62. The number of ether oxygens (including phenoxy) is 1. The average molecular weight is 241 g/mol. The molecule has 0 amide bonds. The van der Waals surface area contributed by atoms with Crippen molar-refractivity contribution in [3.63, 3.8) is 0 Å². The molecule has 0 radical (unpaired) electrons. The maximum atomic E-state index is 11.1. The van der Waals surface area contributed by atoms with Gasteiger partial charge in [-0.1, -0.05) is 17.7 Å². The van der Waals surface area contributed by atoms with E-state index in [9.17, 15) is 9.90 Å². The van der Waals surface area contributed by atoms with Crippen molar-refractivity contribution < 1.29 is 14.6 Å². The van der Waals surface area contributed by atoms with Crippen LogP contribution in [0, 0.1) is 0 Å². The zero-order valence-electron chi connectivity index (χ0n) is 8.40. The highest BCUT2D eigenvalue weighted by molar-refractivity contribution is 6.34. The number of aliphatic hydroxyl groups is 1. The van der Waals surface area contributed by atoms with Gasteiger partial charge in [-0.3, -0.25) is 5.10 Å². The number of hydrogen-bond donors (Lipinski definition) is 2. The maximum absolute atomic E-state index is 11.1. The second-order valence-electron chi connectivity index (χ2n) is 3.24. The summed E-state index contributed by atoms with van der Waals surface area (Å²) in [4.78, 5) is 11.1. The second kappa shape index (κ2) is 4.11. The minimum atomic E-state index is -1.30. The molecule has 6 heteroatoms. The number of benzene rings is 1. The minimum absolute atomic E-state index is 0.419. The van der Waals surface area contributed by atoms with Gasteiger partial charge in [0.15, 0.2) is 6.10 Å². The lowest BCUT2D eigenvalue weighted by Gasteiger charge is -2.07. The van der Waals surface area contributed by atoms with E-state index in [1.807, 2.05) is 0 Å². The largest absolute Gasteiger partial charge is 0.467 e. The van der Waals surface area contributed by atoms with Crippen molar-refractivity contribution in [3.8, 4) is 0 Å². The van der Waals surface area contributed by atoms with Crippen LogP contribution in [0.4, 0.5) is 0 Å². The summed E-state index contributed by atoms with van der Waals surface area (Å²) in [6, 6.07) is 4.87. The zero-order valence-corrected chi connectivity index (χ0v) is 9.15. The molecule has 1 aromatic heterocycles. The highest BCUT2D eigenvalue weighted by Crippen LogP contribution is 2.24. The summed E-state index contributed by atoms with van der Waals surface area (Å²) in [5.41, 5.74) is 1.01. The van der Waals surface area contributed by atoms with Crippen LogP contribution in [0.1, 0.15) is 11.7 Å². The average Bonchev–Trinajstić information content (AvgIpc) is 2.68. The molecular weight excluding hydrogens is 232 g/mol. The zero-order chi connectivity index (χ0) is 11.7. The predicted octanol–water partition coefficient (Wildman–Crippen LogP) is 1.42. The van der Waals surface area contributed by atoms with E-state index in [1.54, 1.807) is 18.2 Å². The third-order valence-electron chi connectivity index (χ3n) is 2.27. The van der Waals surface area contributed by atoms with Crippen LogP contribution < -0.4 is 0 Å². The molecule has 0 aliphatic carbocycles. The Morgan fingerprint density at radius 2 is 2.38 bits per heavy atom. The molecule has 2 N–H and O–H groups in total. The van der Waals surface area contributed by atoms with E-state index in [4.69, 9.17) is 11.6 Å². The highest BCUT2D eigenvalue weighted by Gasteiger charge is 2.18. The molecule has 0 saturated carbocycles. The molecule has 1 atom stereocenters. The van der Waals surface area contributed by atoms with E-state index < -0.39 is 12.1 Å². The molecule has 5 nitrogen and oxygen atoms in total. The van der Waals surface area contributed by atoms with Crippen LogP contribution in [0.15, 0.2) is 18.2 Å². The molecule has 0 spiro atoms. The first kappa shape index (κ1) is 10.9. The number of nitrogens with one attached hydrogen (secondary N) is 1. The van der Waals surface area contributed by atoms with Gasteiger partial charge in [-0.25, -0.2) is 4.79 Å².